The van der Waals surface area contributed by atoms with Crippen LogP contribution in [0.1, 0.15) is 51.2 Å². The van der Waals surface area contributed by atoms with Crippen molar-refractivity contribution in [2.75, 3.05) is 23.9 Å². The van der Waals surface area contributed by atoms with Crippen molar-refractivity contribution in [3.63, 3.8) is 0 Å². The van der Waals surface area contributed by atoms with Crippen molar-refractivity contribution >= 4 is 23.6 Å². The summed E-state index contributed by atoms with van der Waals surface area (Å²) in [6.07, 6.45) is 2.78. The zero-order valence-corrected chi connectivity index (χ0v) is 17.8. The lowest BCUT2D eigenvalue weighted by atomic mass is 9.79. The summed E-state index contributed by atoms with van der Waals surface area (Å²) in [5.74, 6) is 1.07. The van der Waals surface area contributed by atoms with Crippen molar-refractivity contribution in [2.24, 2.45) is 5.10 Å². The highest BCUT2D eigenvalue weighted by Crippen LogP contribution is 2.43. The lowest BCUT2D eigenvalue weighted by Crippen LogP contribution is -2.48. The van der Waals surface area contributed by atoms with Crippen LogP contribution in [0.3, 0.4) is 0 Å². The average molecular weight is 395 g/mol. The third kappa shape index (κ3) is 4.53. The van der Waals surface area contributed by atoms with Crippen LogP contribution in [0.5, 0.6) is 5.75 Å². The number of amides is 2. The summed E-state index contributed by atoms with van der Waals surface area (Å²) in [5.41, 5.74) is 6.82. The minimum Gasteiger partial charge on any atom is -0.495 e. The van der Waals surface area contributed by atoms with E-state index in [2.05, 4.69) is 60.6 Å². The number of methoxy groups -OCH3 is 1. The van der Waals surface area contributed by atoms with Gasteiger partial charge in [0.15, 0.2) is 0 Å². The van der Waals surface area contributed by atoms with Gasteiger partial charge in [0.1, 0.15) is 5.75 Å². The summed E-state index contributed by atoms with van der Waals surface area (Å²) in [7, 11) is 1.56. The second kappa shape index (κ2) is 8.55. The zero-order chi connectivity index (χ0) is 21.0. The van der Waals surface area contributed by atoms with Crippen molar-refractivity contribution in [1.82, 2.24) is 5.43 Å². The smallest absolute Gasteiger partial charge is 0.339 e. The minimum absolute atomic E-state index is 0.148. The van der Waals surface area contributed by atoms with Gasteiger partial charge in [0.2, 0.25) is 0 Å². The molecule has 0 saturated carbocycles. The number of hydrogen-bond donors (Lipinski definition) is 2. The van der Waals surface area contributed by atoms with E-state index in [0.717, 1.165) is 18.5 Å². The van der Waals surface area contributed by atoms with Gasteiger partial charge in [-0.1, -0.05) is 25.1 Å². The number of para-hydroxylation sites is 2. The Morgan fingerprint density at radius 1 is 1.31 bits per heavy atom. The van der Waals surface area contributed by atoms with Crippen LogP contribution in [0, 0.1) is 0 Å². The SMILES string of the molecule is CCN1c2ccc(/C=N/NC(=O)Nc3ccccc3OC)cc2[C@H](C)CC1(C)C. The molecule has 0 saturated heterocycles. The number of rotatable bonds is 5. The summed E-state index contributed by atoms with van der Waals surface area (Å²) >= 11 is 0. The van der Waals surface area contributed by atoms with Gasteiger partial charge in [-0.15, -0.1) is 0 Å². The van der Waals surface area contributed by atoms with Gasteiger partial charge in [-0.25, -0.2) is 10.2 Å². The van der Waals surface area contributed by atoms with Crippen LogP contribution >= 0.6 is 0 Å². The van der Waals surface area contributed by atoms with Gasteiger partial charge in [-0.05, 0) is 68.5 Å². The molecule has 0 unspecified atom stereocenters. The molecule has 0 aliphatic carbocycles. The van der Waals surface area contributed by atoms with Gasteiger partial charge < -0.3 is 15.0 Å². The summed E-state index contributed by atoms with van der Waals surface area (Å²) in [6, 6.07) is 13.2. The Balaban J connectivity index is 1.69. The molecule has 1 aliphatic rings. The van der Waals surface area contributed by atoms with Gasteiger partial charge in [0.25, 0.3) is 0 Å². The molecule has 29 heavy (non-hydrogen) atoms. The van der Waals surface area contributed by atoms with Crippen LogP contribution in [0.2, 0.25) is 0 Å². The summed E-state index contributed by atoms with van der Waals surface area (Å²) in [5, 5.41) is 6.83. The number of carbonyl (C=O) groups excluding carboxylic acids is 1. The molecule has 1 heterocycles. The lowest BCUT2D eigenvalue weighted by Gasteiger charge is -2.47. The Labute approximate surface area is 172 Å². The van der Waals surface area contributed by atoms with Crippen LogP contribution in [0.25, 0.3) is 0 Å². The second-order valence-electron chi connectivity index (χ2n) is 8.00. The van der Waals surface area contributed by atoms with Gasteiger partial charge in [0.05, 0.1) is 19.0 Å². The molecule has 3 rings (SSSR count). The highest BCUT2D eigenvalue weighted by Gasteiger charge is 2.35. The van der Waals surface area contributed by atoms with E-state index in [1.807, 2.05) is 18.2 Å². The van der Waals surface area contributed by atoms with Crippen molar-refractivity contribution in [3.8, 4) is 5.75 Å². The molecule has 2 aromatic carbocycles. The molecular weight excluding hydrogens is 364 g/mol. The zero-order valence-electron chi connectivity index (χ0n) is 17.8. The fourth-order valence-electron chi connectivity index (χ4n) is 4.25. The Kier molecular flexibility index (Phi) is 6.11. The number of benzene rings is 2. The quantitative estimate of drug-likeness (QED) is 0.556. The second-order valence-corrected chi connectivity index (χ2v) is 8.00. The summed E-state index contributed by atoms with van der Waals surface area (Å²) in [4.78, 5) is 14.6. The van der Waals surface area contributed by atoms with Gasteiger partial charge >= 0.3 is 6.03 Å². The van der Waals surface area contributed by atoms with E-state index in [4.69, 9.17) is 4.74 Å². The number of anilines is 2. The van der Waals surface area contributed by atoms with E-state index >= 15 is 0 Å². The van der Waals surface area contributed by atoms with Gasteiger partial charge in [-0.3, -0.25) is 0 Å². The molecule has 6 nitrogen and oxygen atoms in total. The lowest BCUT2D eigenvalue weighted by molar-refractivity contribution is 0.252. The predicted octanol–water partition coefficient (Wildman–Crippen LogP) is 4.96. The maximum absolute atomic E-state index is 12.1. The monoisotopic (exact) mass is 394 g/mol. The van der Waals surface area contributed by atoms with E-state index in [0.29, 0.717) is 17.4 Å². The van der Waals surface area contributed by atoms with Crippen molar-refractivity contribution < 1.29 is 9.53 Å². The number of hydrogen-bond acceptors (Lipinski definition) is 4. The number of urea groups is 1. The first kappa shape index (κ1) is 20.7. The Bertz CT molecular complexity index is 908. The third-order valence-electron chi connectivity index (χ3n) is 5.46. The molecule has 0 bridgehead atoms. The number of fused-ring (bicyclic) bond motifs is 1. The molecular formula is C23H30N4O2. The van der Waals surface area contributed by atoms with Crippen LogP contribution in [0.4, 0.5) is 16.2 Å². The predicted molar refractivity (Wildman–Crippen MR) is 119 cm³/mol. The molecule has 0 radical (unpaired) electrons. The molecule has 6 heteroatoms. The van der Waals surface area contributed by atoms with Crippen LogP contribution < -0.4 is 20.4 Å². The molecule has 0 aromatic heterocycles. The van der Waals surface area contributed by atoms with Crippen molar-refractivity contribution in [2.45, 2.75) is 45.6 Å². The van der Waals surface area contributed by atoms with Gasteiger partial charge in [0, 0.05) is 17.8 Å². The molecule has 0 spiro atoms. The fraction of sp³-hybridized carbons (Fsp3) is 0.391. The van der Waals surface area contributed by atoms with E-state index in [1.165, 1.54) is 11.3 Å². The minimum atomic E-state index is -0.420. The van der Waals surface area contributed by atoms with E-state index in [1.54, 1.807) is 25.5 Å². The average Bonchev–Trinajstić information content (AvgIpc) is 2.68. The Morgan fingerprint density at radius 2 is 2.07 bits per heavy atom. The first-order valence-corrected chi connectivity index (χ1v) is 10.0. The maximum Gasteiger partial charge on any atom is 0.339 e. The summed E-state index contributed by atoms with van der Waals surface area (Å²) in [6.45, 7) is 10.0. The fourth-order valence-corrected chi connectivity index (χ4v) is 4.25. The first-order chi connectivity index (χ1) is 13.9. The van der Waals surface area contributed by atoms with Crippen LogP contribution in [-0.4, -0.2) is 31.4 Å². The number of nitrogens with one attached hydrogen (secondary N) is 2. The van der Waals surface area contributed by atoms with E-state index in [-0.39, 0.29) is 5.54 Å². The van der Waals surface area contributed by atoms with Crippen LogP contribution in [-0.2, 0) is 0 Å². The van der Waals surface area contributed by atoms with Gasteiger partial charge in [-0.2, -0.15) is 5.10 Å². The largest absolute Gasteiger partial charge is 0.495 e. The Morgan fingerprint density at radius 3 is 2.79 bits per heavy atom. The molecule has 2 aromatic rings. The third-order valence-corrected chi connectivity index (χ3v) is 5.46. The van der Waals surface area contributed by atoms with Crippen LogP contribution in [0.15, 0.2) is 47.6 Å². The molecule has 0 fully saturated rings. The highest BCUT2D eigenvalue weighted by atomic mass is 16.5. The number of hydrazone groups is 1. The molecule has 1 aliphatic heterocycles. The van der Waals surface area contributed by atoms with E-state index < -0.39 is 6.03 Å². The normalized spacial score (nSPS) is 17.7. The van der Waals surface area contributed by atoms with E-state index in [9.17, 15) is 4.79 Å². The Hall–Kier alpha value is -3.02. The number of carbonyl (C=O) groups is 1. The number of nitrogens with zero attached hydrogens (tertiary/aromatic N) is 2. The topological polar surface area (TPSA) is 66.0 Å². The molecule has 2 amide bonds. The van der Waals surface area contributed by atoms with Crippen molar-refractivity contribution in [3.05, 3.63) is 53.6 Å². The van der Waals surface area contributed by atoms with Crippen molar-refractivity contribution in [1.29, 1.82) is 0 Å². The first-order valence-electron chi connectivity index (χ1n) is 10.0. The number of ether oxygens (including phenoxy) is 1. The molecule has 2 N–H and O–H groups in total. The standard InChI is InChI=1S/C23H30N4O2/c1-6-27-20-12-11-17(13-18(20)16(2)14-23(27,3)4)15-24-26-22(28)25-19-9-7-8-10-21(19)29-5/h7-13,15-16H,6,14H2,1-5H3,(H2,25,26,28)/b24-15+/t16-/m1/s1. The maximum atomic E-state index is 12.1. The summed E-state index contributed by atoms with van der Waals surface area (Å²) < 4.78 is 5.23. The molecule has 1 atom stereocenters. The highest BCUT2D eigenvalue weighted by molar-refractivity contribution is 5.92. The molecule has 154 valence electrons.